The van der Waals surface area contributed by atoms with Crippen molar-refractivity contribution in [2.24, 2.45) is 0 Å². The first-order valence-electron chi connectivity index (χ1n) is 5.98. The number of carbonyl (C=O) groups excluding carboxylic acids is 1. The van der Waals surface area contributed by atoms with Gasteiger partial charge in [-0.05, 0) is 41.5 Å². The maximum atomic E-state index is 12.9. The van der Waals surface area contributed by atoms with E-state index in [0.29, 0.717) is 5.56 Å². The van der Waals surface area contributed by atoms with Gasteiger partial charge in [0.1, 0.15) is 12.4 Å². The summed E-state index contributed by atoms with van der Waals surface area (Å²) in [5.41, 5.74) is 1.52. The Labute approximate surface area is 125 Å². The lowest BCUT2D eigenvalue weighted by Gasteiger charge is -2.02. The molecule has 2 aromatic carbocycles. The lowest BCUT2D eigenvalue weighted by Crippen LogP contribution is -2.00. The molecule has 0 saturated carbocycles. The van der Waals surface area contributed by atoms with Crippen molar-refractivity contribution >= 4 is 28.0 Å². The molecule has 0 bridgehead atoms. The average molecular weight is 335 g/mol. The van der Waals surface area contributed by atoms with E-state index in [2.05, 4.69) is 15.9 Å². The minimum Gasteiger partial charge on any atom is -0.458 e. The van der Waals surface area contributed by atoms with Gasteiger partial charge in [-0.3, -0.25) is 0 Å². The second-order valence-electron chi connectivity index (χ2n) is 4.12. The van der Waals surface area contributed by atoms with Gasteiger partial charge in [0.05, 0.1) is 0 Å². The third-order valence-electron chi connectivity index (χ3n) is 2.55. The van der Waals surface area contributed by atoms with Crippen LogP contribution in [0.25, 0.3) is 6.08 Å². The highest BCUT2D eigenvalue weighted by molar-refractivity contribution is 9.10. The monoisotopic (exact) mass is 334 g/mol. The Morgan fingerprint density at radius 1 is 1.20 bits per heavy atom. The molecule has 0 unspecified atom stereocenters. The molecule has 102 valence electrons. The molecule has 0 heterocycles. The van der Waals surface area contributed by atoms with Crippen molar-refractivity contribution in [3.8, 4) is 0 Å². The molecule has 0 aliphatic carbocycles. The number of halogens is 2. The number of hydrogen-bond donors (Lipinski definition) is 0. The minimum absolute atomic E-state index is 0.208. The van der Waals surface area contributed by atoms with Crippen LogP contribution >= 0.6 is 15.9 Å². The zero-order valence-electron chi connectivity index (χ0n) is 10.6. The molecule has 0 atom stereocenters. The van der Waals surface area contributed by atoms with Crippen LogP contribution in [-0.2, 0) is 16.1 Å². The van der Waals surface area contributed by atoms with E-state index in [-0.39, 0.29) is 12.4 Å². The summed E-state index contributed by atoms with van der Waals surface area (Å²) in [5, 5.41) is 0. The van der Waals surface area contributed by atoms with Crippen molar-refractivity contribution in [3.05, 3.63) is 76.0 Å². The molecule has 0 saturated heterocycles. The molecule has 20 heavy (non-hydrogen) atoms. The van der Waals surface area contributed by atoms with Crippen molar-refractivity contribution in [3.63, 3.8) is 0 Å². The van der Waals surface area contributed by atoms with Crippen molar-refractivity contribution in [2.45, 2.75) is 6.61 Å². The number of rotatable bonds is 4. The normalized spacial score (nSPS) is 10.7. The SMILES string of the molecule is O=C(/C=C/c1cccc(F)c1)OCc1ccc(Br)cc1. The minimum atomic E-state index is -0.461. The van der Waals surface area contributed by atoms with Gasteiger partial charge >= 0.3 is 5.97 Å². The summed E-state index contributed by atoms with van der Waals surface area (Å²) in [7, 11) is 0. The largest absolute Gasteiger partial charge is 0.458 e. The van der Waals surface area contributed by atoms with E-state index in [1.165, 1.54) is 24.3 Å². The fraction of sp³-hybridized carbons (Fsp3) is 0.0625. The number of ether oxygens (including phenoxy) is 1. The Morgan fingerprint density at radius 3 is 2.65 bits per heavy atom. The molecule has 2 nitrogen and oxygen atoms in total. The van der Waals surface area contributed by atoms with E-state index in [9.17, 15) is 9.18 Å². The van der Waals surface area contributed by atoms with Gasteiger partial charge in [0.25, 0.3) is 0 Å². The number of benzene rings is 2. The summed E-state index contributed by atoms with van der Waals surface area (Å²) in [6.07, 6.45) is 2.81. The second-order valence-corrected chi connectivity index (χ2v) is 5.04. The Balaban J connectivity index is 1.88. The Bertz CT molecular complexity index is 621. The topological polar surface area (TPSA) is 26.3 Å². The number of esters is 1. The first kappa shape index (κ1) is 14.5. The van der Waals surface area contributed by atoms with Gasteiger partial charge in [0.2, 0.25) is 0 Å². The van der Waals surface area contributed by atoms with Crippen LogP contribution < -0.4 is 0 Å². The van der Waals surface area contributed by atoms with Gasteiger partial charge in [-0.1, -0.05) is 40.2 Å². The van der Waals surface area contributed by atoms with Gasteiger partial charge in [0.15, 0.2) is 0 Å². The Morgan fingerprint density at radius 2 is 1.95 bits per heavy atom. The summed E-state index contributed by atoms with van der Waals surface area (Å²) in [6.45, 7) is 0.208. The van der Waals surface area contributed by atoms with Crippen molar-refractivity contribution in [1.29, 1.82) is 0 Å². The van der Waals surface area contributed by atoms with E-state index >= 15 is 0 Å². The Hall–Kier alpha value is -1.94. The smallest absolute Gasteiger partial charge is 0.331 e. The van der Waals surface area contributed by atoms with Crippen LogP contribution in [-0.4, -0.2) is 5.97 Å². The molecular weight excluding hydrogens is 323 g/mol. The Kier molecular flexibility index (Phi) is 5.07. The van der Waals surface area contributed by atoms with Crippen molar-refractivity contribution in [2.75, 3.05) is 0 Å². The molecule has 0 aliphatic rings. The highest BCUT2D eigenvalue weighted by Crippen LogP contribution is 2.11. The van der Waals surface area contributed by atoms with Crippen molar-refractivity contribution in [1.82, 2.24) is 0 Å². The van der Waals surface area contributed by atoms with E-state index in [4.69, 9.17) is 4.74 Å². The molecule has 0 aromatic heterocycles. The van der Waals surface area contributed by atoms with Crippen LogP contribution in [0.5, 0.6) is 0 Å². The first-order valence-corrected chi connectivity index (χ1v) is 6.77. The highest BCUT2D eigenvalue weighted by atomic mass is 79.9. The molecule has 0 fully saturated rings. The van der Waals surface area contributed by atoms with Crippen LogP contribution in [0.4, 0.5) is 4.39 Å². The van der Waals surface area contributed by atoms with Gasteiger partial charge in [-0.25, -0.2) is 9.18 Å². The lowest BCUT2D eigenvalue weighted by molar-refractivity contribution is -0.138. The predicted octanol–water partition coefficient (Wildman–Crippen LogP) is 4.34. The van der Waals surface area contributed by atoms with E-state index in [1.807, 2.05) is 24.3 Å². The second kappa shape index (κ2) is 7.01. The van der Waals surface area contributed by atoms with Crippen LogP contribution in [0.1, 0.15) is 11.1 Å². The zero-order chi connectivity index (χ0) is 14.4. The molecule has 0 amide bonds. The maximum Gasteiger partial charge on any atom is 0.331 e. The van der Waals surface area contributed by atoms with E-state index in [1.54, 1.807) is 12.1 Å². The predicted molar refractivity (Wildman–Crippen MR) is 79.4 cm³/mol. The van der Waals surface area contributed by atoms with Gasteiger partial charge in [0, 0.05) is 10.5 Å². The van der Waals surface area contributed by atoms with Crippen LogP contribution in [0.15, 0.2) is 59.1 Å². The average Bonchev–Trinajstić information content (AvgIpc) is 2.45. The fourth-order valence-electron chi connectivity index (χ4n) is 1.56. The molecule has 0 aliphatic heterocycles. The molecule has 0 radical (unpaired) electrons. The molecule has 2 aromatic rings. The maximum absolute atomic E-state index is 12.9. The number of hydrogen-bond acceptors (Lipinski definition) is 2. The summed E-state index contributed by atoms with van der Waals surface area (Å²) < 4.78 is 19.0. The van der Waals surface area contributed by atoms with E-state index in [0.717, 1.165) is 10.0 Å². The quantitative estimate of drug-likeness (QED) is 0.614. The van der Waals surface area contributed by atoms with Crippen LogP contribution in [0, 0.1) is 5.82 Å². The third-order valence-corrected chi connectivity index (χ3v) is 3.08. The lowest BCUT2D eigenvalue weighted by atomic mass is 10.2. The van der Waals surface area contributed by atoms with Crippen LogP contribution in [0.2, 0.25) is 0 Å². The molecule has 0 N–H and O–H groups in total. The summed E-state index contributed by atoms with van der Waals surface area (Å²) in [4.78, 5) is 11.5. The van der Waals surface area contributed by atoms with Gasteiger partial charge in [-0.15, -0.1) is 0 Å². The molecular formula is C16H12BrFO2. The standard InChI is InChI=1S/C16H12BrFO2/c17-14-7-4-13(5-8-14)11-20-16(19)9-6-12-2-1-3-15(18)10-12/h1-10H,11H2/b9-6+. The summed E-state index contributed by atoms with van der Waals surface area (Å²) in [6, 6.07) is 13.5. The number of carbonyl (C=O) groups is 1. The third kappa shape index (κ3) is 4.63. The van der Waals surface area contributed by atoms with Crippen LogP contribution in [0.3, 0.4) is 0 Å². The highest BCUT2D eigenvalue weighted by Gasteiger charge is 1.99. The summed E-state index contributed by atoms with van der Waals surface area (Å²) in [5.74, 6) is -0.799. The molecule has 2 rings (SSSR count). The zero-order valence-corrected chi connectivity index (χ0v) is 12.1. The van der Waals surface area contributed by atoms with Gasteiger partial charge < -0.3 is 4.74 Å². The molecule has 0 spiro atoms. The molecule has 4 heteroatoms. The summed E-state index contributed by atoms with van der Waals surface area (Å²) >= 11 is 3.33. The van der Waals surface area contributed by atoms with E-state index < -0.39 is 5.97 Å². The van der Waals surface area contributed by atoms with Gasteiger partial charge in [-0.2, -0.15) is 0 Å². The first-order chi connectivity index (χ1) is 9.63. The van der Waals surface area contributed by atoms with Crippen molar-refractivity contribution < 1.29 is 13.9 Å². The fourth-order valence-corrected chi connectivity index (χ4v) is 1.82.